The van der Waals surface area contributed by atoms with E-state index in [4.69, 9.17) is 9.47 Å². The normalized spacial score (nSPS) is 12.9. The number of benzene rings is 1. The van der Waals surface area contributed by atoms with E-state index < -0.39 is 0 Å². The average Bonchev–Trinajstić information content (AvgIpc) is 2.40. The van der Waals surface area contributed by atoms with E-state index in [0.717, 1.165) is 17.4 Å². The van der Waals surface area contributed by atoms with Gasteiger partial charge in [-0.25, -0.2) is 0 Å². The SMILES string of the molecule is CCOC(CCNC(C)c1ccc(Br)cc1)OCC. The van der Waals surface area contributed by atoms with Crippen molar-refractivity contribution in [2.24, 2.45) is 0 Å². The standard InChI is InChI=1S/C15H24BrNO2/c1-4-18-15(19-5-2)10-11-17-12(3)13-6-8-14(16)9-7-13/h6-9,12,15,17H,4-5,10-11H2,1-3H3. The van der Waals surface area contributed by atoms with E-state index in [0.29, 0.717) is 19.3 Å². The highest BCUT2D eigenvalue weighted by molar-refractivity contribution is 9.10. The van der Waals surface area contributed by atoms with Gasteiger partial charge in [0.2, 0.25) is 0 Å². The van der Waals surface area contributed by atoms with Crippen LogP contribution in [0.3, 0.4) is 0 Å². The molecular weight excluding hydrogens is 306 g/mol. The molecule has 0 aliphatic carbocycles. The molecular formula is C15H24BrNO2. The van der Waals surface area contributed by atoms with Crippen LogP contribution in [-0.4, -0.2) is 26.0 Å². The predicted molar refractivity (Wildman–Crippen MR) is 82.2 cm³/mol. The first kappa shape index (κ1) is 16.6. The molecule has 0 radical (unpaired) electrons. The van der Waals surface area contributed by atoms with Gasteiger partial charge in [-0.2, -0.15) is 0 Å². The van der Waals surface area contributed by atoms with Crippen LogP contribution >= 0.6 is 15.9 Å². The summed E-state index contributed by atoms with van der Waals surface area (Å²) >= 11 is 3.45. The molecule has 0 fully saturated rings. The third-order valence-electron chi connectivity index (χ3n) is 2.91. The molecule has 19 heavy (non-hydrogen) atoms. The smallest absolute Gasteiger partial charge is 0.158 e. The van der Waals surface area contributed by atoms with Gasteiger partial charge in [0.1, 0.15) is 0 Å². The van der Waals surface area contributed by atoms with E-state index in [1.165, 1.54) is 5.56 Å². The number of hydrogen-bond acceptors (Lipinski definition) is 3. The highest BCUT2D eigenvalue weighted by Crippen LogP contribution is 2.16. The Morgan fingerprint density at radius 2 is 1.68 bits per heavy atom. The second-order valence-corrected chi connectivity index (χ2v) is 5.27. The van der Waals surface area contributed by atoms with Crippen LogP contribution in [0.15, 0.2) is 28.7 Å². The van der Waals surface area contributed by atoms with E-state index in [2.05, 4.69) is 52.4 Å². The molecule has 0 saturated heterocycles. The number of ether oxygens (including phenoxy) is 2. The number of rotatable bonds is 9. The fourth-order valence-electron chi connectivity index (χ4n) is 1.87. The van der Waals surface area contributed by atoms with Crippen molar-refractivity contribution in [1.29, 1.82) is 0 Å². The number of nitrogens with one attached hydrogen (secondary N) is 1. The molecule has 1 aromatic carbocycles. The zero-order chi connectivity index (χ0) is 14.1. The minimum atomic E-state index is -0.0976. The topological polar surface area (TPSA) is 30.5 Å². The molecule has 1 N–H and O–H groups in total. The summed E-state index contributed by atoms with van der Waals surface area (Å²) in [5.74, 6) is 0. The Morgan fingerprint density at radius 1 is 1.11 bits per heavy atom. The first-order valence-electron chi connectivity index (χ1n) is 6.89. The number of halogens is 1. The van der Waals surface area contributed by atoms with E-state index in [1.807, 2.05) is 13.8 Å². The van der Waals surface area contributed by atoms with Gasteiger partial charge in [0.05, 0.1) is 0 Å². The third kappa shape index (κ3) is 6.52. The molecule has 0 aliphatic heterocycles. The lowest BCUT2D eigenvalue weighted by Crippen LogP contribution is -2.26. The first-order valence-corrected chi connectivity index (χ1v) is 7.68. The van der Waals surface area contributed by atoms with Crippen molar-refractivity contribution < 1.29 is 9.47 Å². The molecule has 0 heterocycles. The maximum atomic E-state index is 5.52. The Hall–Kier alpha value is -0.420. The molecule has 0 saturated carbocycles. The van der Waals surface area contributed by atoms with E-state index >= 15 is 0 Å². The highest BCUT2D eigenvalue weighted by Gasteiger charge is 2.09. The lowest BCUT2D eigenvalue weighted by Gasteiger charge is -2.19. The highest BCUT2D eigenvalue weighted by atomic mass is 79.9. The predicted octanol–water partition coefficient (Wildman–Crippen LogP) is 3.89. The van der Waals surface area contributed by atoms with Crippen molar-refractivity contribution in [3.63, 3.8) is 0 Å². The fraction of sp³-hybridized carbons (Fsp3) is 0.600. The van der Waals surface area contributed by atoms with Crippen LogP contribution in [0.25, 0.3) is 0 Å². The first-order chi connectivity index (χ1) is 9.17. The molecule has 1 atom stereocenters. The van der Waals surface area contributed by atoms with E-state index in [9.17, 15) is 0 Å². The fourth-order valence-corrected chi connectivity index (χ4v) is 2.14. The lowest BCUT2D eigenvalue weighted by atomic mass is 10.1. The van der Waals surface area contributed by atoms with Gasteiger partial charge in [0, 0.05) is 36.7 Å². The molecule has 1 rings (SSSR count). The van der Waals surface area contributed by atoms with Gasteiger partial charge < -0.3 is 14.8 Å². The summed E-state index contributed by atoms with van der Waals surface area (Å²) in [5.41, 5.74) is 1.28. The maximum absolute atomic E-state index is 5.52. The summed E-state index contributed by atoms with van der Waals surface area (Å²) in [6.45, 7) is 8.40. The zero-order valence-corrected chi connectivity index (χ0v) is 13.6. The largest absolute Gasteiger partial charge is 0.353 e. The van der Waals surface area contributed by atoms with Crippen LogP contribution in [0.5, 0.6) is 0 Å². The van der Waals surface area contributed by atoms with Crippen molar-refractivity contribution in [2.75, 3.05) is 19.8 Å². The summed E-state index contributed by atoms with van der Waals surface area (Å²) < 4.78 is 12.1. The van der Waals surface area contributed by atoms with Crippen LogP contribution in [0.4, 0.5) is 0 Å². The van der Waals surface area contributed by atoms with Gasteiger partial charge in [-0.05, 0) is 38.5 Å². The minimum Gasteiger partial charge on any atom is -0.353 e. The molecule has 0 aliphatic rings. The van der Waals surface area contributed by atoms with Gasteiger partial charge in [-0.1, -0.05) is 28.1 Å². The molecule has 1 aromatic rings. The molecule has 0 aromatic heterocycles. The van der Waals surface area contributed by atoms with Crippen LogP contribution in [0.1, 0.15) is 38.8 Å². The van der Waals surface area contributed by atoms with Crippen molar-refractivity contribution in [3.8, 4) is 0 Å². The summed E-state index contributed by atoms with van der Waals surface area (Å²) in [4.78, 5) is 0. The molecule has 3 nitrogen and oxygen atoms in total. The van der Waals surface area contributed by atoms with Gasteiger partial charge in [0.15, 0.2) is 6.29 Å². The van der Waals surface area contributed by atoms with Crippen molar-refractivity contribution in [1.82, 2.24) is 5.32 Å². The average molecular weight is 330 g/mol. The van der Waals surface area contributed by atoms with Crippen molar-refractivity contribution >= 4 is 15.9 Å². The Labute approximate surface area is 124 Å². The summed E-state index contributed by atoms with van der Waals surface area (Å²) in [7, 11) is 0. The molecule has 0 spiro atoms. The Kier molecular flexibility index (Phi) is 8.30. The van der Waals surface area contributed by atoms with Crippen molar-refractivity contribution in [2.45, 2.75) is 39.5 Å². The third-order valence-corrected chi connectivity index (χ3v) is 3.43. The van der Waals surface area contributed by atoms with Gasteiger partial charge in [0.25, 0.3) is 0 Å². The second kappa shape index (κ2) is 9.48. The lowest BCUT2D eigenvalue weighted by molar-refractivity contribution is -0.138. The molecule has 4 heteroatoms. The summed E-state index contributed by atoms with van der Waals surface area (Å²) in [5, 5.41) is 3.49. The van der Waals surface area contributed by atoms with Gasteiger partial charge >= 0.3 is 0 Å². The summed E-state index contributed by atoms with van der Waals surface area (Å²) in [6.07, 6.45) is 0.766. The van der Waals surface area contributed by atoms with E-state index in [1.54, 1.807) is 0 Å². The van der Waals surface area contributed by atoms with Crippen LogP contribution in [0, 0.1) is 0 Å². The quantitative estimate of drug-likeness (QED) is 0.697. The minimum absolute atomic E-state index is 0.0976. The van der Waals surface area contributed by atoms with Crippen LogP contribution in [0.2, 0.25) is 0 Å². The maximum Gasteiger partial charge on any atom is 0.158 e. The molecule has 0 bridgehead atoms. The molecule has 1 unspecified atom stereocenters. The van der Waals surface area contributed by atoms with Gasteiger partial charge in [-0.3, -0.25) is 0 Å². The monoisotopic (exact) mass is 329 g/mol. The van der Waals surface area contributed by atoms with Crippen LogP contribution in [-0.2, 0) is 9.47 Å². The Morgan fingerprint density at radius 3 is 2.21 bits per heavy atom. The molecule has 108 valence electrons. The van der Waals surface area contributed by atoms with Gasteiger partial charge in [-0.15, -0.1) is 0 Å². The molecule has 0 amide bonds. The Balaban J connectivity index is 2.32. The zero-order valence-electron chi connectivity index (χ0n) is 12.0. The van der Waals surface area contributed by atoms with Crippen LogP contribution < -0.4 is 5.32 Å². The van der Waals surface area contributed by atoms with E-state index in [-0.39, 0.29) is 6.29 Å². The summed E-state index contributed by atoms with van der Waals surface area (Å²) in [6, 6.07) is 8.72. The Bertz CT molecular complexity index is 337. The number of hydrogen-bond donors (Lipinski definition) is 1. The van der Waals surface area contributed by atoms with Crippen molar-refractivity contribution in [3.05, 3.63) is 34.3 Å². The second-order valence-electron chi connectivity index (χ2n) is 4.36.